The first-order chi connectivity index (χ1) is 17.6. The number of nitrogens with one attached hydrogen (secondary N) is 2. The molecule has 0 bridgehead atoms. The number of Topliss-reactive ketones (excluding diaryl/α,β-unsaturated/α-hetero) is 2. The SMILES string of the molecule is CC(=O)c1c(O)c(C)c(O)c2c1OC1=CC(=O)/C(=C(/C)NCCCCCCNCCCCN)C(=O)[C@@]12C. The lowest BCUT2D eigenvalue weighted by Gasteiger charge is -2.29. The number of carbonyl (C=O) groups excluding carboxylic acids is 3. The molecule has 0 amide bonds. The molecular formula is C28H39N3O6. The normalized spacial score (nSPS) is 19.8. The lowest BCUT2D eigenvalue weighted by molar-refractivity contribution is -0.123. The Morgan fingerprint density at radius 2 is 1.62 bits per heavy atom. The lowest BCUT2D eigenvalue weighted by Crippen LogP contribution is -2.41. The summed E-state index contributed by atoms with van der Waals surface area (Å²) in [5, 5.41) is 28.0. The number of aromatic hydroxyl groups is 2. The van der Waals surface area contributed by atoms with Crippen LogP contribution in [0.5, 0.6) is 17.2 Å². The molecule has 0 fully saturated rings. The van der Waals surface area contributed by atoms with Crippen molar-refractivity contribution in [3.63, 3.8) is 0 Å². The molecule has 0 aromatic heterocycles. The predicted molar refractivity (Wildman–Crippen MR) is 141 cm³/mol. The van der Waals surface area contributed by atoms with Gasteiger partial charge in [0.25, 0.3) is 0 Å². The number of fused-ring (bicyclic) bond motifs is 3. The largest absolute Gasteiger partial charge is 0.507 e. The fourth-order valence-corrected chi connectivity index (χ4v) is 4.97. The Labute approximate surface area is 218 Å². The number of rotatable bonds is 13. The van der Waals surface area contributed by atoms with Crippen molar-refractivity contribution >= 4 is 17.3 Å². The maximum atomic E-state index is 13.8. The fourth-order valence-electron chi connectivity index (χ4n) is 4.97. The molecule has 0 saturated heterocycles. The van der Waals surface area contributed by atoms with Crippen molar-refractivity contribution in [3.8, 4) is 17.2 Å². The van der Waals surface area contributed by atoms with E-state index < -0.39 is 28.5 Å². The van der Waals surface area contributed by atoms with Gasteiger partial charge in [0.15, 0.2) is 17.3 Å². The van der Waals surface area contributed by atoms with E-state index in [9.17, 15) is 24.6 Å². The molecule has 1 aliphatic carbocycles. The minimum Gasteiger partial charge on any atom is -0.507 e. The minimum absolute atomic E-state index is 0.00103. The molecule has 0 spiro atoms. The molecule has 0 unspecified atom stereocenters. The molecule has 9 nitrogen and oxygen atoms in total. The van der Waals surface area contributed by atoms with E-state index in [2.05, 4.69) is 10.6 Å². The smallest absolute Gasteiger partial charge is 0.194 e. The first-order valence-electron chi connectivity index (χ1n) is 13.0. The van der Waals surface area contributed by atoms with Gasteiger partial charge in [-0.05, 0) is 73.0 Å². The van der Waals surface area contributed by atoms with Gasteiger partial charge < -0.3 is 31.3 Å². The van der Waals surface area contributed by atoms with Crippen LogP contribution in [0.3, 0.4) is 0 Å². The van der Waals surface area contributed by atoms with Gasteiger partial charge in [-0.3, -0.25) is 14.4 Å². The third-order valence-electron chi connectivity index (χ3n) is 7.24. The zero-order chi connectivity index (χ0) is 27.3. The molecule has 202 valence electrons. The first-order valence-corrected chi connectivity index (χ1v) is 13.0. The topological polar surface area (TPSA) is 151 Å². The average Bonchev–Trinajstić information content (AvgIpc) is 3.13. The average molecular weight is 514 g/mol. The first kappa shape index (κ1) is 28.4. The predicted octanol–water partition coefficient (Wildman–Crippen LogP) is 3.05. The summed E-state index contributed by atoms with van der Waals surface area (Å²) in [4.78, 5) is 39.0. The molecule has 1 aromatic rings. The van der Waals surface area contributed by atoms with Gasteiger partial charge in [0.1, 0.15) is 34.0 Å². The summed E-state index contributed by atoms with van der Waals surface area (Å²) in [7, 11) is 0. The van der Waals surface area contributed by atoms with Crippen LogP contribution >= 0.6 is 0 Å². The maximum absolute atomic E-state index is 13.8. The van der Waals surface area contributed by atoms with Crippen LogP contribution in [0.2, 0.25) is 0 Å². The molecule has 1 heterocycles. The highest BCUT2D eigenvalue weighted by Gasteiger charge is 2.56. The lowest BCUT2D eigenvalue weighted by atomic mass is 9.70. The second-order valence-electron chi connectivity index (χ2n) is 9.97. The third kappa shape index (κ3) is 5.43. The van der Waals surface area contributed by atoms with Gasteiger partial charge in [-0.25, -0.2) is 0 Å². The second-order valence-corrected chi connectivity index (χ2v) is 9.97. The summed E-state index contributed by atoms with van der Waals surface area (Å²) < 4.78 is 5.79. The number of hydrogen-bond acceptors (Lipinski definition) is 9. The van der Waals surface area contributed by atoms with Crippen molar-refractivity contribution in [2.75, 3.05) is 26.2 Å². The van der Waals surface area contributed by atoms with Crippen molar-refractivity contribution in [1.82, 2.24) is 10.6 Å². The molecule has 1 aliphatic heterocycles. The van der Waals surface area contributed by atoms with E-state index in [0.29, 0.717) is 12.2 Å². The van der Waals surface area contributed by atoms with Crippen molar-refractivity contribution in [2.24, 2.45) is 5.73 Å². The molecule has 3 rings (SSSR count). The van der Waals surface area contributed by atoms with Gasteiger partial charge in [0, 0.05) is 23.9 Å². The van der Waals surface area contributed by atoms with Crippen LogP contribution < -0.4 is 21.1 Å². The van der Waals surface area contributed by atoms with Gasteiger partial charge in [0.05, 0.1) is 11.1 Å². The van der Waals surface area contributed by atoms with E-state index in [1.165, 1.54) is 19.9 Å². The molecule has 0 radical (unpaired) electrons. The Morgan fingerprint density at radius 1 is 1.00 bits per heavy atom. The Kier molecular flexibility index (Phi) is 9.15. The molecule has 9 heteroatoms. The Morgan fingerprint density at radius 3 is 2.24 bits per heavy atom. The van der Waals surface area contributed by atoms with Crippen LogP contribution in [-0.2, 0) is 15.0 Å². The van der Waals surface area contributed by atoms with E-state index in [-0.39, 0.29) is 39.5 Å². The number of phenolic OH excluding ortho intramolecular Hbond substituents is 2. The van der Waals surface area contributed by atoms with Gasteiger partial charge in [-0.15, -0.1) is 0 Å². The summed E-state index contributed by atoms with van der Waals surface area (Å²) in [6, 6.07) is 0. The van der Waals surface area contributed by atoms with Gasteiger partial charge in [0.2, 0.25) is 0 Å². The highest BCUT2D eigenvalue weighted by Crippen LogP contribution is 2.57. The van der Waals surface area contributed by atoms with Gasteiger partial charge in [-0.2, -0.15) is 0 Å². The van der Waals surface area contributed by atoms with Crippen LogP contribution in [0, 0.1) is 6.92 Å². The molecule has 2 aliphatic rings. The number of allylic oxidation sites excluding steroid dienone is 4. The fraction of sp³-hybridized carbons (Fsp3) is 0.536. The monoisotopic (exact) mass is 513 g/mol. The van der Waals surface area contributed by atoms with E-state index in [1.807, 2.05) is 0 Å². The standard InChI is InChI=1S/C28H39N3O6/c1-16-24(34)22(18(3)32)26-23(25(16)35)28(4)20(37-26)15-19(33)21(27(28)36)17(2)31-14-9-6-5-8-12-30-13-10-7-11-29/h15,30-31,34-35H,5-14,29H2,1-4H3/b21-17+/t28-/m0/s1. The molecule has 37 heavy (non-hydrogen) atoms. The number of unbranched alkanes of at least 4 members (excludes halogenated alkanes) is 4. The quantitative estimate of drug-likeness (QED) is 0.116. The van der Waals surface area contributed by atoms with Crippen LogP contribution in [-0.4, -0.2) is 53.7 Å². The van der Waals surface area contributed by atoms with Crippen molar-refractivity contribution < 1.29 is 29.3 Å². The van der Waals surface area contributed by atoms with Crippen molar-refractivity contribution in [2.45, 2.75) is 71.6 Å². The summed E-state index contributed by atoms with van der Waals surface area (Å²) in [5.74, 6) is -2.27. The molecule has 6 N–H and O–H groups in total. The zero-order valence-corrected chi connectivity index (χ0v) is 22.3. The number of hydrogen-bond donors (Lipinski definition) is 5. The van der Waals surface area contributed by atoms with Crippen LogP contribution in [0.25, 0.3) is 0 Å². The van der Waals surface area contributed by atoms with E-state index in [1.54, 1.807) is 13.8 Å². The Balaban J connectivity index is 1.70. The third-order valence-corrected chi connectivity index (χ3v) is 7.24. The number of carbonyl (C=O) groups is 3. The Bertz CT molecular complexity index is 1150. The molecular weight excluding hydrogens is 474 g/mol. The van der Waals surface area contributed by atoms with E-state index in [4.69, 9.17) is 10.5 Å². The summed E-state index contributed by atoms with van der Waals surface area (Å²) in [5.41, 5.74) is 4.51. The van der Waals surface area contributed by atoms with Gasteiger partial charge >= 0.3 is 0 Å². The van der Waals surface area contributed by atoms with E-state index >= 15 is 0 Å². The van der Waals surface area contributed by atoms with Crippen LogP contribution in [0.15, 0.2) is 23.1 Å². The minimum atomic E-state index is -1.49. The van der Waals surface area contributed by atoms with Crippen molar-refractivity contribution in [1.29, 1.82) is 0 Å². The number of ether oxygens (including phenoxy) is 1. The van der Waals surface area contributed by atoms with Crippen LogP contribution in [0.4, 0.5) is 0 Å². The number of nitrogens with two attached hydrogens (primary N) is 1. The second kappa shape index (κ2) is 11.9. The summed E-state index contributed by atoms with van der Waals surface area (Å²) >= 11 is 0. The maximum Gasteiger partial charge on any atom is 0.194 e. The van der Waals surface area contributed by atoms with E-state index in [0.717, 1.165) is 58.2 Å². The highest BCUT2D eigenvalue weighted by atomic mass is 16.5. The van der Waals surface area contributed by atoms with Crippen molar-refractivity contribution in [3.05, 3.63) is 39.8 Å². The highest BCUT2D eigenvalue weighted by molar-refractivity contribution is 6.31. The Hall–Kier alpha value is -3.17. The molecule has 1 atom stereocenters. The van der Waals surface area contributed by atoms with Gasteiger partial charge in [-0.1, -0.05) is 12.8 Å². The molecule has 0 saturated carbocycles. The number of benzene rings is 1. The number of ketones is 3. The summed E-state index contributed by atoms with van der Waals surface area (Å²) in [6.45, 7) is 9.31. The van der Waals surface area contributed by atoms with Crippen LogP contribution in [0.1, 0.15) is 80.8 Å². The molecule has 1 aromatic carbocycles. The summed E-state index contributed by atoms with van der Waals surface area (Å²) in [6.07, 6.45) is 7.46. The zero-order valence-electron chi connectivity index (χ0n) is 22.3. The number of phenols is 2.